The van der Waals surface area contributed by atoms with E-state index in [0.29, 0.717) is 24.5 Å². The Kier molecular flexibility index (Phi) is 5.01. The summed E-state index contributed by atoms with van der Waals surface area (Å²) in [4.78, 5) is 6.31. The van der Waals surface area contributed by atoms with Gasteiger partial charge in [-0.05, 0) is 24.1 Å². The molecular formula is C13H17F2N3S. The van der Waals surface area contributed by atoms with Gasteiger partial charge in [0.2, 0.25) is 0 Å². The van der Waals surface area contributed by atoms with Gasteiger partial charge in [-0.25, -0.2) is 8.78 Å². The van der Waals surface area contributed by atoms with Crippen LogP contribution in [-0.4, -0.2) is 42.0 Å². The Labute approximate surface area is 115 Å². The number of halogens is 2. The molecule has 0 radical (unpaired) electrons. The number of hydrogen-bond acceptors (Lipinski definition) is 2. The van der Waals surface area contributed by atoms with Gasteiger partial charge in [0.05, 0.1) is 0 Å². The van der Waals surface area contributed by atoms with Gasteiger partial charge in [-0.15, -0.1) is 0 Å². The van der Waals surface area contributed by atoms with Gasteiger partial charge in [0.1, 0.15) is 11.6 Å². The van der Waals surface area contributed by atoms with Crippen molar-refractivity contribution in [2.75, 3.05) is 31.1 Å². The first kappa shape index (κ1) is 14.1. The lowest BCUT2D eigenvalue weighted by Crippen LogP contribution is -2.42. The maximum atomic E-state index is 13.0. The molecule has 1 aliphatic heterocycles. The van der Waals surface area contributed by atoms with E-state index in [9.17, 15) is 8.78 Å². The highest BCUT2D eigenvalue weighted by molar-refractivity contribution is 7.99. The van der Waals surface area contributed by atoms with Gasteiger partial charge in [-0.2, -0.15) is 11.8 Å². The summed E-state index contributed by atoms with van der Waals surface area (Å²) in [7, 11) is 0. The molecule has 0 atom stereocenters. The number of hydrogen-bond donors (Lipinski definition) is 1. The van der Waals surface area contributed by atoms with Crippen LogP contribution < -0.4 is 5.73 Å². The number of thioether (sulfide) groups is 1. The fourth-order valence-corrected chi connectivity index (χ4v) is 2.85. The summed E-state index contributed by atoms with van der Waals surface area (Å²) in [6, 6.07) is 3.52. The molecule has 1 aliphatic rings. The Hall–Kier alpha value is -1.30. The van der Waals surface area contributed by atoms with Crippen molar-refractivity contribution in [2.24, 2.45) is 10.7 Å². The van der Waals surface area contributed by atoms with E-state index in [4.69, 9.17) is 5.73 Å². The van der Waals surface area contributed by atoms with E-state index in [1.165, 1.54) is 12.1 Å². The van der Waals surface area contributed by atoms with Gasteiger partial charge in [-0.1, -0.05) is 0 Å². The van der Waals surface area contributed by atoms with Gasteiger partial charge in [0, 0.05) is 37.2 Å². The summed E-state index contributed by atoms with van der Waals surface area (Å²) < 4.78 is 26.0. The second kappa shape index (κ2) is 6.75. The third-order valence-electron chi connectivity index (χ3n) is 2.93. The molecule has 1 fully saturated rings. The van der Waals surface area contributed by atoms with E-state index < -0.39 is 11.6 Å². The minimum atomic E-state index is -0.556. The highest BCUT2D eigenvalue weighted by atomic mass is 32.2. The summed E-state index contributed by atoms with van der Waals surface area (Å²) in [6.45, 7) is 2.27. The predicted octanol–water partition coefficient (Wildman–Crippen LogP) is 1.87. The van der Waals surface area contributed by atoms with Gasteiger partial charge in [0.25, 0.3) is 0 Å². The van der Waals surface area contributed by atoms with E-state index in [-0.39, 0.29) is 0 Å². The Balaban J connectivity index is 1.87. The zero-order valence-electron chi connectivity index (χ0n) is 10.6. The minimum absolute atomic E-state index is 0.443. The number of rotatable bonds is 3. The lowest BCUT2D eigenvalue weighted by Gasteiger charge is -2.27. The van der Waals surface area contributed by atoms with Crippen LogP contribution >= 0.6 is 11.8 Å². The molecule has 1 heterocycles. The van der Waals surface area contributed by atoms with E-state index in [1.54, 1.807) is 0 Å². The van der Waals surface area contributed by atoms with Crippen LogP contribution in [0, 0.1) is 11.6 Å². The molecule has 0 bridgehead atoms. The first-order chi connectivity index (χ1) is 9.15. The zero-order chi connectivity index (χ0) is 13.7. The second-order valence-corrected chi connectivity index (χ2v) is 5.59. The summed E-state index contributed by atoms with van der Waals surface area (Å²) in [6.07, 6.45) is 0.484. The molecular weight excluding hydrogens is 268 g/mol. The topological polar surface area (TPSA) is 41.6 Å². The van der Waals surface area contributed by atoms with Crippen LogP contribution in [0.2, 0.25) is 0 Å². The quantitative estimate of drug-likeness (QED) is 0.681. The molecule has 6 heteroatoms. The van der Waals surface area contributed by atoms with Crippen LogP contribution in [0.4, 0.5) is 8.78 Å². The highest BCUT2D eigenvalue weighted by Gasteiger charge is 2.11. The maximum absolute atomic E-state index is 13.0. The molecule has 1 aromatic rings. The van der Waals surface area contributed by atoms with Gasteiger partial charge in [-0.3, -0.25) is 4.99 Å². The first-order valence-electron chi connectivity index (χ1n) is 6.23. The molecule has 0 amide bonds. The molecule has 104 valence electrons. The third kappa shape index (κ3) is 4.38. The molecule has 0 saturated carbocycles. The van der Waals surface area contributed by atoms with E-state index in [1.807, 2.05) is 16.7 Å². The Morgan fingerprint density at radius 3 is 2.47 bits per heavy atom. The molecule has 1 aromatic carbocycles. The van der Waals surface area contributed by atoms with Crippen molar-refractivity contribution < 1.29 is 8.78 Å². The normalized spacial score (nSPS) is 16.7. The summed E-state index contributed by atoms with van der Waals surface area (Å²) in [5.74, 6) is 1.54. The summed E-state index contributed by atoms with van der Waals surface area (Å²) in [5, 5.41) is 0. The lowest BCUT2D eigenvalue weighted by atomic mass is 10.1. The Morgan fingerprint density at radius 1 is 1.21 bits per heavy atom. The fourth-order valence-electron chi connectivity index (χ4n) is 1.95. The van der Waals surface area contributed by atoms with Crippen molar-refractivity contribution in [3.05, 3.63) is 35.4 Å². The Bertz CT molecular complexity index is 439. The highest BCUT2D eigenvalue weighted by Crippen LogP contribution is 2.10. The van der Waals surface area contributed by atoms with Crippen LogP contribution in [0.3, 0.4) is 0 Å². The SMILES string of the molecule is NC(=NCCc1cc(F)cc(F)c1)N1CCSCC1. The largest absolute Gasteiger partial charge is 0.370 e. The number of aliphatic imine (C=N–C) groups is 1. The zero-order valence-corrected chi connectivity index (χ0v) is 11.4. The molecule has 0 spiro atoms. The van der Waals surface area contributed by atoms with E-state index in [0.717, 1.165) is 30.7 Å². The van der Waals surface area contributed by atoms with Crippen molar-refractivity contribution >= 4 is 17.7 Å². The van der Waals surface area contributed by atoms with Crippen molar-refractivity contribution in [3.63, 3.8) is 0 Å². The van der Waals surface area contributed by atoms with Crippen LogP contribution in [0.1, 0.15) is 5.56 Å². The number of benzene rings is 1. The molecule has 3 nitrogen and oxygen atoms in total. The van der Waals surface area contributed by atoms with Crippen molar-refractivity contribution in [2.45, 2.75) is 6.42 Å². The second-order valence-electron chi connectivity index (χ2n) is 4.37. The summed E-state index contributed by atoms with van der Waals surface area (Å²) in [5.41, 5.74) is 6.49. The van der Waals surface area contributed by atoms with E-state index in [2.05, 4.69) is 4.99 Å². The molecule has 1 saturated heterocycles. The van der Waals surface area contributed by atoms with Crippen LogP contribution in [0.5, 0.6) is 0 Å². The molecule has 0 aliphatic carbocycles. The third-order valence-corrected chi connectivity index (χ3v) is 3.87. The first-order valence-corrected chi connectivity index (χ1v) is 7.38. The van der Waals surface area contributed by atoms with Crippen molar-refractivity contribution in [1.29, 1.82) is 0 Å². The van der Waals surface area contributed by atoms with Crippen LogP contribution in [0.15, 0.2) is 23.2 Å². The fraction of sp³-hybridized carbons (Fsp3) is 0.462. The molecule has 2 N–H and O–H groups in total. The smallest absolute Gasteiger partial charge is 0.191 e. The average molecular weight is 285 g/mol. The van der Waals surface area contributed by atoms with Crippen LogP contribution in [0.25, 0.3) is 0 Å². The predicted molar refractivity (Wildman–Crippen MR) is 75.4 cm³/mol. The molecule has 0 unspecified atom stereocenters. The number of nitrogens with zero attached hydrogens (tertiary/aromatic N) is 2. The molecule has 0 aromatic heterocycles. The Morgan fingerprint density at radius 2 is 1.84 bits per heavy atom. The van der Waals surface area contributed by atoms with Crippen molar-refractivity contribution in [1.82, 2.24) is 4.90 Å². The summed E-state index contributed by atoms with van der Waals surface area (Å²) >= 11 is 1.90. The van der Waals surface area contributed by atoms with Gasteiger partial charge < -0.3 is 10.6 Å². The minimum Gasteiger partial charge on any atom is -0.370 e. The van der Waals surface area contributed by atoms with Gasteiger partial charge in [0.15, 0.2) is 5.96 Å². The standard InChI is InChI=1S/C13H17F2N3S/c14-11-7-10(8-12(15)9-11)1-2-17-13(16)18-3-5-19-6-4-18/h7-9H,1-6H2,(H2,16,17). The number of guanidine groups is 1. The monoisotopic (exact) mass is 285 g/mol. The molecule has 19 heavy (non-hydrogen) atoms. The van der Waals surface area contributed by atoms with Gasteiger partial charge >= 0.3 is 0 Å². The number of nitrogens with two attached hydrogens (primary N) is 1. The lowest BCUT2D eigenvalue weighted by molar-refractivity contribution is 0.456. The maximum Gasteiger partial charge on any atom is 0.191 e. The molecule has 2 rings (SSSR count). The average Bonchev–Trinajstić information content (AvgIpc) is 2.38. The van der Waals surface area contributed by atoms with Crippen LogP contribution in [-0.2, 0) is 6.42 Å². The van der Waals surface area contributed by atoms with E-state index >= 15 is 0 Å². The van der Waals surface area contributed by atoms with Crippen molar-refractivity contribution in [3.8, 4) is 0 Å².